The number of hydrazine groups is 1. The number of hydrogen-bond donors (Lipinski definition) is 3. The van der Waals surface area contributed by atoms with Crippen LogP contribution in [0, 0.1) is 0 Å². The van der Waals surface area contributed by atoms with Gasteiger partial charge < -0.3 is 9.47 Å². The van der Waals surface area contributed by atoms with Gasteiger partial charge in [0.1, 0.15) is 11.5 Å². The van der Waals surface area contributed by atoms with Crippen LogP contribution in [0.1, 0.15) is 23.7 Å². The Balaban J connectivity index is 1.78. The standard InChI is InChI=1S/C19H18Br2ClN3O4S/c1-2-7-28-15-5-3-11(8-13(15)21)18(27)23-19(30)25-24-17(26)10-29-16-6-4-12(20)9-14(16)22/h3-6,8-9H,2,7,10H2,1H3,(H,24,26)(H2,23,25,27,30). The van der Waals surface area contributed by atoms with Crippen LogP contribution in [0.3, 0.4) is 0 Å². The van der Waals surface area contributed by atoms with E-state index in [0.717, 1.165) is 10.9 Å². The smallest absolute Gasteiger partial charge is 0.276 e. The molecule has 0 fully saturated rings. The van der Waals surface area contributed by atoms with Crippen molar-refractivity contribution in [3.8, 4) is 11.5 Å². The van der Waals surface area contributed by atoms with Gasteiger partial charge in [-0.25, -0.2) is 0 Å². The fraction of sp³-hybridized carbons (Fsp3) is 0.211. The highest BCUT2D eigenvalue weighted by molar-refractivity contribution is 9.10. The molecular formula is C19H18Br2ClN3O4S. The monoisotopic (exact) mass is 577 g/mol. The van der Waals surface area contributed by atoms with Gasteiger partial charge >= 0.3 is 0 Å². The maximum Gasteiger partial charge on any atom is 0.276 e. The van der Waals surface area contributed by atoms with Crippen molar-refractivity contribution < 1.29 is 19.1 Å². The summed E-state index contributed by atoms with van der Waals surface area (Å²) in [7, 11) is 0. The number of hydrogen-bond acceptors (Lipinski definition) is 5. The molecule has 30 heavy (non-hydrogen) atoms. The lowest BCUT2D eigenvalue weighted by Crippen LogP contribution is -2.49. The molecule has 0 aliphatic heterocycles. The second-order valence-electron chi connectivity index (χ2n) is 5.81. The highest BCUT2D eigenvalue weighted by atomic mass is 79.9. The zero-order chi connectivity index (χ0) is 22.1. The molecule has 2 rings (SSSR count). The molecule has 0 bridgehead atoms. The van der Waals surface area contributed by atoms with Crippen molar-refractivity contribution in [2.45, 2.75) is 13.3 Å². The maximum atomic E-state index is 12.3. The Bertz CT molecular complexity index is 946. The van der Waals surface area contributed by atoms with Crippen molar-refractivity contribution in [3.05, 3.63) is 55.9 Å². The summed E-state index contributed by atoms with van der Waals surface area (Å²) in [5.74, 6) is 0.0585. The number of benzene rings is 2. The fourth-order valence-electron chi connectivity index (χ4n) is 2.08. The first-order chi connectivity index (χ1) is 14.3. The molecule has 0 radical (unpaired) electrons. The van der Waals surface area contributed by atoms with Crippen LogP contribution < -0.4 is 25.6 Å². The predicted octanol–water partition coefficient (Wildman–Crippen LogP) is 4.37. The van der Waals surface area contributed by atoms with Gasteiger partial charge in [-0.1, -0.05) is 34.5 Å². The van der Waals surface area contributed by atoms with Crippen LogP contribution in [0.25, 0.3) is 0 Å². The molecule has 0 unspecified atom stereocenters. The van der Waals surface area contributed by atoms with Gasteiger partial charge in [0.05, 0.1) is 16.1 Å². The first-order valence-corrected chi connectivity index (χ1v) is 11.1. The minimum Gasteiger partial charge on any atom is -0.492 e. The Morgan fingerprint density at radius 2 is 1.80 bits per heavy atom. The number of nitrogens with one attached hydrogen (secondary N) is 3. The van der Waals surface area contributed by atoms with Crippen molar-refractivity contribution in [1.29, 1.82) is 0 Å². The largest absolute Gasteiger partial charge is 0.492 e. The van der Waals surface area contributed by atoms with Gasteiger partial charge in [0.2, 0.25) is 0 Å². The molecule has 11 heteroatoms. The molecule has 0 heterocycles. The molecular weight excluding hydrogens is 562 g/mol. The van der Waals surface area contributed by atoms with Gasteiger partial charge in [-0.2, -0.15) is 0 Å². The van der Waals surface area contributed by atoms with E-state index in [2.05, 4.69) is 48.0 Å². The van der Waals surface area contributed by atoms with E-state index in [4.69, 9.17) is 33.3 Å². The van der Waals surface area contributed by atoms with Crippen LogP contribution in [0.15, 0.2) is 45.3 Å². The molecule has 0 saturated heterocycles. The van der Waals surface area contributed by atoms with Crippen LogP contribution >= 0.6 is 55.7 Å². The number of rotatable bonds is 7. The summed E-state index contributed by atoms with van der Waals surface area (Å²) in [6.07, 6.45) is 0.877. The number of ether oxygens (including phenoxy) is 2. The molecule has 160 valence electrons. The fourth-order valence-corrected chi connectivity index (χ4v) is 3.44. The Morgan fingerprint density at radius 3 is 2.47 bits per heavy atom. The van der Waals surface area contributed by atoms with Crippen molar-refractivity contribution >= 4 is 72.6 Å². The van der Waals surface area contributed by atoms with Gasteiger partial charge in [0.15, 0.2) is 11.7 Å². The first-order valence-electron chi connectivity index (χ1n) is 8.70. The quantitative estimate of drug-likeness (QED) is 0.334. The normalized spacial score (nSPS) is 10.1. The third kappa shape index (κ3) is 7.75. The van der Waals surface area contributed by atoms with E-state index in [1.807, 2.05) is 6.92 Å². The van der Waals surface area contributed by atoms with Crippen molar-refractivity contribution in [2.75, 3.05) is 13.2 Å². The molecule has 0 aliphatic carbocycles. The number of carbonyl (C=O) groups is 2. The summed E-state index contributed by atoms with van der Waals surface area (Å²) in [6.45, 7) is 2.29. The van der Waals surface area contributed by atoms with E-state index in [0.29, 0.717) is 33.2 Å². The van der Waals surface area contributed by atoms with Gasteiger partial charge in [-0.15, -0.1) is 0 Å². The average Bonchev–Trinajstić information content (AvgIpc) is 2.70. The zero-order valence-corrected chi connectivity index (χ0v) is 20.5. The summed E-state index contributed by atoms with van der Waals surface area (Å²) < 4.78 is 12.3. The van der Waals surface area contributed by atoms with Crippen molar-refractivity contribution in [3.63, 3.8) is 0 Å². The molecule has 2 aromatic rings. The van der Waals surface area contributed by atoms with E-state index < -0.39 is 11.8 Å². The number of amides is 2. The number of thiocarbonyl (C=S) groups is 1. The minimum atomic E-state index is -0.509. The molecule has 0 aliphatic rings. The second kappa shape index (κ2) is 12.1. The molecule has 0 aromatic heterocycles. The maximum absolute atomic E-state index is 12.3. The molecule has 0 spiro atoms. The molecule has 3 N–H and O–H groups in total. The van der Waals surface area contributed by atoms with Gasteiger partial charge in [-0.05, 0) is 71.0 Å². The van der Waals surface area contributed by atoms with Crippen molar-refractivity contribution in [1.82, 2.24) is 16.2 Å². The number of carbonyl (C=O) groups excluding carboxylic acids is 2. The summed E-state index contributed by atoms with van der Waals surface area (Å²) in [6, 6.07) is 9.95. The summed E-state index contributed by atoms with van der Waals surface area (Å²) in [5, 5.41) is 2.76. The van der Waals surface area contributed by atoms with E-state index >= 15 is 0 Å². The third-order valence-corrected chi connectivity index (χ3v) is 5.06. The van der Waals surface area contributed by atoms with Crippen LogP contribution in [0.2, 0.25) is 5.02 Å². The van der Waals surface area contributed by atoms with Gasteiger partial charge in [-0.3, -0.25) is 25.8 Å². The SMILES string of the molecule is CCCOc1ccc(C(=O)NC(=S)NNC(=O)COc2ccc(Br)cc2Cl)cc1Br. The zero-order valence-electron chi connectivity index (χ0n) is 15.8. The highest BCUT2D eigenvalue weighted by Crippen LogP contribution is 2.28. The van der Waals surface area contributed by atoms with Gasteiger partial charge in [0.25, 0.3) is 11.8 Å². The van der Waals surface area contributed by atoms with Crippen LogP contribution in [0.4, 0.5) is 0 Å². The Kier molecular flexibility index (Phi) is 9.83. The summed E-state index contributed by atoms with van der Waals surface area (Å²) in [4.78, 5) is 24.2. The lowest BCUT2D eigenvalue weighted by Gasteiger charge is -2.12. The molecule has 2 aromatic carbocycles. The van der Waals surface area contributed by atoms with E-state index in [1.165, 1.54) is 0 Å². The van der Waals surface area contributed by atoms with Crippen LogP contribution in [0.5, 0.6) is 11.5 Å². The first kappa shape index (κ1) is 24.4. The minimum absolute atomic E-state index is 0.0718. The second-order valence-corrected chi connectivity index (χ2v) is 8.40. The topological polar surface area (TPSA) is 88.7 Å². The highest BCUT2D eigenvalue weighted by Gasteiger charge is 2.12. The molecule has 2 amide bonds. The van der Waals surface area contributed by atoms with Crippen LogP contribution in [-0.2, 0) is 4.79 Å². The Morgan fingerprint density at radius 1 is 1.07 bits per heavy atom. The average molecular weight is 580 g/mol. The summed E-state index contributed by atoms with van der Waals surface area (Å²) in [5.41, 5.74) is 5.14. The van der Waals surface area contributed by atoms with E-state index in [1.54, 1.807) is 36.4 Å². The van der Waals surface area contributed by atoms with Crippen molar-refractivity contribution in [2.24, 2.45) is 0 Å². The molecule has 7 nitrogen and oxygen atoms in total. The number of halogens is 3. The molecule has 0 atom stereocenters. The van der Waals surface area contributed by atoms with E-state index in [-0.39, 0.29) is 11.7 Å². The lowest BCUT2D eigenvalue weighted by atomic mass is 10.2. The molecule has 0 saturated carbocycles. The Hall–Kier alpha value is -1.88. The lowest BCUT2D eigenvalue weighted by molar-refractivity contribution is -0.123. The predicted molar refractivity (Wildman–Crippen MR) is 126 cm³/mol. The third-order valence-electron chi connectivity index (χ3n) is 3.45. The van der Waals surface area contributed by atoms with Crippen LogP contribution in [-0.4, -0.2) is 30.1 Å². The van der Waals surface area contributed by atoms with E-state index in [9.17, 15) is 9.59 Å². The summed E-state index contributed by atoms with van der Waals surface area (Å²) >= 11 is 17.7. The Labute approximate surface area is 201 Å². The van der Waals surface area contributed by atoms with Gasteiger partial charge in [0, 0.05) is 10.0 Å².